The molecule has 2 fully saturated rings. The van der Waals surface area contributed by atoms with E-state index in [0.717, 1.165) is 31.7 Å². The van der Waals surface area contributed by atoms with E-state index in [0.29, 0.717) is 17.7 Å². The Kier molecular flexibility index (Phi) is 2.92. The zero-order chi connectivity index (χ0) is 11.7. The summed E-state index contributed by atoms with van der Waals surface area (Å²) in [5.74, 6) is 0.298. The lowest BCUT2D eigenvalue weighted by atomic mass is 9.86. The lowest BCUT2D eigenvalue weighted by Crippen LogP contribution is -2.34. The summed E-state index contributed by atoms with van der Waals surface area (Å²) in [6, 6.07) is 2.05. The van der Waals surface area contributed by atoms with Crippen LogP contribution in [-0.2, 0) is 11.2 Å². The van der Waals surface area contributed by atoms with Gasteiger partial charge in [-0.2, -0.15) is 11.3 Å². The summed E-state index contributed by atoms with van der Waals surface area (Å²) in [6.07, 6.45) is 2.98. The zero-order valence-corrected chi connectivity index (χ0v) is 10.8. The number of carbonyl (C=O) groups is 1. The van der Waals surface area contributed by atoms with Crippen molar-refractivity contribution in [3.8, 4) is 0 Å². The molecule has 1 amide bonds. The van der Waals surface area contributed by atoms with Crippen LogP contribution in [0.2, 0.25) is 0 Å². The molecule has 1 atom stereocenters. The summed E-state index contributed by atoms with van der Waals surface area (Å²) in [4.78, 5) is 14.2. The molecule has 0 bridgehead atoms. The molecule has 0 aromatic carbocycles. The van der Waals surface area contributed by atoms with E-state index in [2.05, 4.69) is 15.6 Å². The van der Waals surface area contributed by atoms with Crippen molar-refractivity contribution >= 4 is 17.2 Å². The fraction of sp³-hybridized carbons (Fsp3) is 0.615. The van der Waals surface area contributed by atoms with Crippen molar-refractivity contribution in [1.29, 1.82) is 0 Å². The first-order valence-electron chi connectivity index (χ1n) is 6.27. The maximum absolute atomic E-state index is 12.2. The van der Waals surface area contributed by atoms with Crippen molar-refractivity contribution in [2.24, 2.45) is 5.41 Å². The van der Waals surface area contributed by atoms with Gasteiger partial charge in [0.1, 0.15) is 0 Å². The molecular weight excluding hydrogens is 232 g/mol. The number of amides is 1. The SMILES string of the molecule is O=C(Cc1ccsc1)N1CCC2(CCNC2)C1. The maximum atomic E-state index is 12.2. The Labute approximate surface area is 106 Å². The molecule has 1 unspecified atom stereocenters. The molecule has 1 N–H and O–H groups in total. The molecule has 4 heteroatoms. The van der Waals surface area contributed by atoms with E-state index < -0.39 is 0 Å². The van der Waals surface area contributed by atoms with Gasteiger partial charge in [0.15, 0.2) is 0 Å². The van der Waals surface area contributed by atoms with Crippen LogP contribution in [0.25, 0.3) is 0 Å². The summed E-state index contributed by atoms with van der Waals surface area (Å²) >= 11 is 1.66. The molecule has 92 valence electrons. The van der Waals surface area contributed by atoms with Crippen LogP contribution in [0, 0.1) is 5.41 Å². The molecule has 3 nitrogen and oxygen atoms in total. The van der Waals surface area contributed by atoms with Gasteiger partial charge in [-0.1, -0.05) is 0 Å². The lowest BCUT2D eigenvalue weighted by molar-refractivity contribution is -0.129. The standard InChI is InChI=1S/C13H18N2OS/c16-12(7-11-1-6-17-8-11)15-5-3-13(10-15)2-4-14-9-13/h1,6,8,14H,2-5,7,9-10H2. The highest BCUT2D eigenvalue weighted by Gasteiger charge is 2.41. The van der Waals surface area contributed by atoms with Crippen LogP contribution in [0.1, 0.15) is 18.4 Å². The van der Waals surface area contributed by atoms with Gasteiger partial charge < -0.3 is 10.2 Å². The molecule has 2 saturated heterocycles. The third kappa shape index (κ3) is 2.24. The monoisotopic (exact) mass is 250 g/mol. The minimum Gasteiger partial charge on any atom is -0.342 e. The first-order chi connectivity index (χ1) is 8.27. The number of nitrogens with one attached hydrogen (secondary N) is 1. The molecule has 0 saturated carbocycles. The van der Waals surface area contributed by atoms with Crippen molar-refractivity contribution in [1.82, 2.24) is 10.2 Å². The molecule has 2 aliphatic heterocycles. The van der Waals surface area contributed by atoms with E-state index in [4.69, 9.17) is 0 Å². The summed E-state index contributed by atoms with van der Waals surface area (Å²) in [6.45, 7) is 4.12. The summed E-state index contributed by atoms with van der Waals surface area (Å²) < 4.78 is 0. The third-order valence-electron chi connectivity index (χ3n) is 4.06. The van der Waals surface area contributed by atoms with Crippen LogP contribution in [0.4, 0.5) is 0 Å². The Hall–Kier alpha value is -0.870. The second kappa shape index (κ2) is 4.42. The highest BCUT2D eigenvalue weighted by Crippen LogP contribution is 2.36. The maximum Gasteiger partial charge on any atom is 0.227 e. The molecule has 0 radical (unpaired) electrons. The van der Waals surface area contributed by atoms with Crippen LogP contribution in [0.3, 0.4) is 0 Å². The Morgan fingerprint density at radius 1 is 1.53 bits per heavy atom. The number of hydrogen-bond donors (Lipinski definition) is 1. The van der Waals surface area contributed by atoms with E-state index in [1.807, 2.05) is 11.4 Å². The molecule has 2 aliphatic rings. The van der Waals surface area contributed by atoms with Crippen LogP contribution in [0.5, 0.6) is 0 Å². The normalized spacial score (nSPS) is 28.1. The van der Waals surface area contributed by atoms with Gasteiger partial charge in [-0.3, -0.25) is 4.79 Å². The number of likely N-dealkylation sites (tertiary alicyclic amines) is 1. The van der Waals surface area contributed by atoms with Crippen LogP contribution in [0.15, 0.2) is 16.8 Å². The molecule has 1 spiro atoms. The van der Waals surface area contributed by atoms with E-state index in [-0.39, 0.29) is 0 Å². The fourth-order valence-corrected chi connectivity index (χ4v) is 3.64. The first-order valence-corrected chi connectivity index (χ1v) is 7.21. The van der Waals surface area contributed by atoms with Crippen molar-refractivity contribution in [3.05, 3.63) is 22.4 Å². The number of hydrogen-bond acceptors (Lipinski definition) is 3. The van der Waals surface area contributed by atoms with Gasteiger partial charge >= 0.3 is 0 Å². The van der Waals surface area contributed by atoms with Crippen LogP contribution in [-0.4, -0.2) is 37.0 Å². The molecule has 17 heavy (non-hydrogen) atoms. The summed E-state index contributed by atoms with van der Waals surface area (Å²) in [7, 11) is 0. The fourth-order valence-electron chi connectivity index (χ4n) is 2.97. The van der Waals surface area contributed by atoms with Gasteiger partial charge in [0, 0.05) is 25.0 Å². The van der Waals surface area contributed by atoms with Crippen molar-refractivity contribution in [2.75, 3.05) is 26.2 Å². The van der Waals surface area contributed by atoms with E-state index in [1.54, 1.807) is 11.3 Å². The summed E-state index contributed by atoms with van der Waals surface area (Å²) in [5.41, 5.74) is 1.55. The first kappa shape index (κ1) is 11.2. The van der Waals surface area contributed by atoms with Gasteiger partial charge in [0.25, 0.3) is 0 Å². The second-order valence-electron chi connectivity index (χ2n) is 5.30. The Balaban J connectivity index is 1.60. The van der Waals surface area contributed by atoms with Gasteiger partial charge in [-0.15, -0.1) is 0 Å². The van der Waals surface area contributed by atoms with Crippen LogP contribution < -0.4 is 5.32 Å². The second-order valence-corrected chi connectivity index (χ2v) is 6.08. The average Bonchev–Trinajstić information content (AvgIpc) is 3.03. The van der Waals surface area contributed by atoms with Crippen molar-refractivity contribution in [3.63, 3.8) is 0 Å². The van der Waals surface area contributed by atoms with Crippen molar-refractivity contribution in [2.45, 2.75) is 19.3 Å². The minimum absolute atomic E-state index is 0.298. The highest BCUT2D eigenvalue weighted by atomic mass is 32.1. The van der Waals surface area contributed by atoms with E-state index in [1.165, 1.54) is 12.8 Å². The predicted octanol–water partition coefficient (Wildman–Crippen LogP) is 1.50. The molecule has 3 rings (SSSR count). The quantitative estimate of drug-likeness (QED) is 0.863. The van der Waals surface area contributed by atoms with E-state index >= 15 is 0 Å². The highest BCUT2D eigenvalue weighted by molar-refractivity contribution is 7.07. The van der Waals surface area contributed by atoms with E-state index in [9.17, 15) is 4.79 Å². The minimum atomic E-state index is 0.298. The van der Waals surface area contributed by atoms with Gasteiger partial charge in [0.05, 0.1) is 6.42 Å². The number of rotatable bonds is 2. The summed E-state index contributed by atoms with van der Waals surface area (Å²) in [5, 5.41) is 7.53. The number of thiophene rings is 1. The molecule has 1 aromatic rings. The molecule has 1 aromatic heterocycles. The smallest absolute Gasteiger partial charge is 0.227 e. The van der Waals surface area contributed by atoms with Crippen molar-refractivity contribution < 1.29 is 4.79 Å². The Morgan fingerprint density at radius 3 is 3.18 bits per heavy atom. The molecule has 3 heterocycles. The van der Waals surface area contributed by atoms with Gasteiger partial charge in [-0.05, 0) is 41.8 Å². The third-order valence-corrected chi connectivity index (χ3v) is 4.79. The lowest BCUT2D eigenvalue weighted by Gasteiger charge is -2.22. The van der Waals surface area contributed by atoms with Gasteiger partial charge in [-0.25, -0.2) is 0 Å². The zero-order valence-electron chi connectivity index (χ0n) is 9.95. The van der Waals surface area contributed by atoms with Crippen LogP contribution >= 0.6 is 11.3 Å². The topological polar surface area (TPSA) is 32.3 Å². The largest absolute Gasteiger partial charge is 0.342 e. The van der Waals surface area contributed by atoms with Gasteiger partial charge in [0.2, 0.25) is 5.91 Å². The Morgan fingerprint density at radius 2 is 2.47 bits per heavy atom. The number of carbonyl (C=O) groups excluding carboxylic acids is 1. The predicted molar refractivity (Wildman–Crippen MR) is 69.1 cm³/mol. The number of nitrogens with zero attached hydrogens (tertiary/aromatic N) is 1. The molecule has 0 aliphatic carbocycles. The molecular formula is C13H18N2OS. The Bertz CT molecular complexity index is 396. The average molecular weight is 250 g/mol.